The number of carbonyl (C=O) groups excluding carboxylic acids is 1. The molecule has 136 valence electrons. The molecular weight excluding hydrogens is 332 g/mol. The maximum atomic E-state index is 12.4. The first-order chi connectivity index (χ1) is 12.6. The summed E-state index contributed by atoms with van der Waals surface area (Å²) in [6.07, 6.45) is 1.58. The van der Waals surface area contributed by atoms with Crippen LogP contribution in [0.25, 0.3) is 0 Å². The zero-order valence-electron chi connectivity index (χ0n) is 15.2. The number of hydrogen-bond donors (Lipinski definition) is 1. The number of Topliss-reactive ketones (excluding diaryl/α,β-unsaturated/α-hetero) is 1. The van der Waals surface area contributed by atoms with Gasteiger partial charge in [-0.2, -0.15) is 10.1 Å². The van der Waals surface area contributed by atoms with E-state index in [0.717, 1.165) is 35.7 Å². The molecular formula is C19H22N4O3. The molecule has 7 nitrogen and oxygen atoms in total. The van der Waals surface area contributed by atoms with Crippen molar-refractivity contribution in [2.24, 2.45) is 0 Å². The van der Waals surface area contributed by atoms with Crippen molar-refractivity contribution < 1.29 is 14.3 Å². The van der Waals surface area contributed by atoms with Gasteiger partial charge in [0.05, 0.1) is 13.2 Å². The van der Waals surface area contributed by atoms with Crippen LogP contribution in [0, 0.1) is 0 Å². The van der Waals surface area contributed by atoms with Crippen molar-refractivity contribution in [2.75, 3.05) is 18.5 Å². The molecule has 26 heavy (non-hydrogen) atoms. The van der Waals surface area contributed by atoms with Gasteiger partial charge >= 0.3 is 0 Å². The quantitative estimate of drug-likeness (QED) is 0.913. The van der Waals surface area contributed by atoms with E-state index in [1.54, 1.807) is 11.6 Å². The van der Waals surface area contributed by atoms with Gasteiger partial charge in [0.25, 0.3) is 0 Å². The highest BCUT2D eigenvalue weighted by Gasteiger charge is 2.33. The van der Waals surface area contributed by atoms with Crippen molar-refractivity contribution >= 4 is 11.7 Å². The summed E-state index contributed by atoms with van der Waals surface area (Å²) in [6.45, 7) is 6.75. The molecule has 1 unspecified atom stereocenters. The first-order valence-corrected chi connectivity index (χ1v) is 8.92. The van der Waals surface area contributed by atoms with Gasteiger partial charge in [0.1, 0.15) is 6.04 Å². The SMILES string of the molecule is CCc1nc2n(n1)C(c1ccc3c(c1)OCCCO3)C(C(C)=O)=C(C)N2. The Balaban J connectivity index is 1.86. The van der Waals surface area contributed by atoms with Crippen molar-refractivity contribution in [1.82, 2.24) is 14.8 Å². The van der Waals surface area contributed by atoms with Gasteiger partial charge in [-0.25, -0.2) is 4.68 Å². The van der Waals surface area contributed by atoms with E-state index in [4.69, 9.17) is 9.47 Å². The number of hydrogen-bond acceptors (Lipinski definition) is 6. The summed E-state index contributed by atoms with van der Waals surface area (Å²) in [7, 11) is 0. The zero-order chi connectivity index (χ0) is 18.3. The van der Waals surface area contributed by atoms with Gasteiger partial charge in [-0.05, 0) is 31.5 Å². The molecule has 0 saturated carbocycles. The average molecular weight is 354 g/mol. The summed E-state index contributed by atoms with van der Waals surface area (Å²) < 4.78 is 13.3. The molecule has 2 aromatic rings. The molecule has 2 aliphatic heterocycles. The summed E-state index contributed by atoms with van der Waals surface area (Å²) in [5.41, 5.74) is 2.41. The topological polar surface area (TPSA) is 78.3 Å². The normalized spacial score (nSPS) is 18.8. The number of aryl methyl sites for hydroxylation is 1. The summed E-state index contributed by atoms with van der Waals surface area (Å²) in [4.78, 5) is 16.9. The van der Waals surface area contributed by atoms with Crippen LogP contribution in [0.1, 0.15) is 44.6 Å². The fourth-order valence-electron chi connectivity index (χ4n) is 3.46. The first-order valence-electron chi connectivity index (χ1n) is 8.92. The minimum Gasteiger partial charge on any atom is -0.490 e. The molecule has 4 rings (SSSR count). The summed E-state index contributed by atoms with van der Waals surface area (Å²) in [5.74, 6) is 2.84. The molecule has 0 aliphatic carbocycles. The lowest BCUT2D eigenvalue weighted by atomic mass is 9.93. The Morgan fingerprint density at radius 1 is 1.31 bits per heavy atom. The number of allylic oxidation sites excluding steroid dienone is 2. The van der Waals surface area contributed by atoms with E-state index in [1.807, 2.05) is 32.0 Å². The van der Waals surface area contributed by atoms with E-state index in [9.17, 15) is 4.79 Å². The van der Waals surface area contributed by atoms with E-state index in [2.05, 4.69) is 15.4 Å². The Morgan fingerprint density at radius 3 is 2.81 bits per heavy atom. The van der Waals surface area contributed by atoms with Crippen LogP contribution in [0.15, 0.2) is 29.5 Å². The van der Waals surface area contributed by atoms with Gasteiger partial charge in [-0.15, -0.1) is 0 Å². The molecule has 0 bridgehead atoms. The average Bonchev–Trinajstić information content (AvgIpc) is 2.88. The molecule has 0 spiro atoms. The molecule has 0 fully saturated rings. The fraction of sp³-hybridized carbons (Fsp3) is 0.421. The largest absolute Gasteiger partial charge is 0.490 e. The Hall–Kier alpha value is -2.83. The van der Waals surface area contributed by atoms with Crippen molar-refractivity contribution in [3.05, 3.63) is 40.9 Å². The fourth-order valence-corrected chi connectivity index (χ4v) is 3.46. The predicted octanol–water partition coefficient (Wildman–Crippen LogP) is 2.88. The molecule has 0 radical (unpaired) electrons. The maximum absolute atomic E-state index is 12.4. The molecule has 0 saturated heterocycles. The Labute approximate surface area is 152 Å². The lowest BCUT2D eigenvalue weighted by Crippen LogP contribution is -2.27. The number of nitrogens with one attached hydrogen (secondary N) is 1. The number of ether oxygens (including phenoxy) is 2. The van der Waals surface area contributed by atoms with E-state index >= 15 is 0 Å². The maximum Gasteiger partial charge on any atom is 0.226 e. The number of aromatic nitrogens is 3. The third kappa shape index (κ3) is 2.73. The van der Waals surface area contributed by atoms with Crippen molar-refractivity contribution in [1.29, 1.82) is 0 Å². The Kier molecular flexibility index (Phi) is 4.14. The van der Waals surface area contributed by atoms with Crippen LogP contribution in [0.2, 0.25) is 0 Å². The molecule has 1 aromatic carbocycles. The number of fused-ring (bicyclic) bond motifs is 2. The monoisotopic (exact) mass is 354 g/mol. The molecule has 3 heterocycles. The minimum absolute atomic E-state index is 0.00584. The Bertz CT molecular complexity index is 900. The number of ketones is 1. The molecule has 7 heteroatoms. The molecule has 1 aromatic heterocycles. The number of rotatable bonds is 3. The third-order valence-electron chi connectivity index (χ3n) is 4.68. The minimum atomic E-state index is -0.339. The van der Waals surface area contributed by atoms with Crippen molar-refractivity contribution in [3.63, 3.8) is 0 Å². The third-order valence-corrected chi connectivity index (χ3v) is 4.68. The van der Waals surface area contributed by atoms with Crippen LogP contribution in [0.5, 0.6) is 11.5 Å². The standard InChI is InChI=1S/C19H22N4O3/c1-4-16-21-19-20-11(2)17(12(3)24)18(23(19)22-16)13-6-7-14-15(10-13)26-9-5-8-25-14/h6-7,10,18H,4-5,8-9H2,1-3H3,(H,20,21,22). The number of carbonyl (C=O) groups is 1. The van der Waals surface area contributed by atoms with E-state index in [-0.39, 0.29) is 11.8 Å². The molecule has 0 amide bonds. The Morgan fingerprint density at radius 2 is 2.08 bits per heavy atom. The van der Waals surface area contributed by atoms with E-state index in [0.29, 0.717) is 30.5 Å². The van der Waals surface area contributed by atoms with E-state index < -0.39 is 0 Å². The van der Waals surface area contributed by atoms with Gasteiger partial charge < -0.3 is 14.8 Å². The van der Waals surface area contributed by atoms with Gasteiger partial charge in [0.2, 0.25) is 5.95 Å². The number of benzene rings is 1. The lowest BCUT2D eigenvalue weighted by Gasteiger charge is -2.28. The van der Waals surface area contributed by atoms with Gasteiger partial charge in [0.15, 0.2) is 23.1 Å². The van der Waals surface area contributed by atoms with Crippen LogP contribution >= 0.6 is 0 Å². The van der Waals surface area contributed by atoms with Gasteiger partial charge in [-0.3, -0.25) is 4.79 Å². The van der Waals surface area contributed by atoms with Crippen molar-refractivity contribution in [3.8, 4) is 11.5 Å². The molecule has 1 atom stereocenters. The second-order valence-electron chi connectivity index (χ2n) is 6.53. The number of anilines is 1. The molecule has 2 aliphatic rings. The van der Waals surface area contributed by atoms with Crippen LogP contribution < -0.4 is 14.8 Å². The van der Waals surface area contributed by atoms with Crippen LogP contribution in [-0.4, -0.2) is 33.8 Å². The highest BCUT2D eigenvalue weighted by atomic mass is 16.5. The van der Waals surface area contributed by atoms with Crippen LogP contribution in [-0.2, 0) is 11.2 Å². The van der Waals surface area contributed by atoms with E-state index in [1.165, 1.54) is 0 Å². The highest BCUT2D eigenvalue weighted by Crippen LogP contribution is 2.39. The summed E-state index contributed by atoms with van der Waals surface area (Å²) >= 11 is 0. The lowest BCUT2D eigenvalue weighted by molar-refractivity contribution is -0.114. The molecule has 1 N–H and O–H groups in total. The van der Waals surface area contributed by atoms with Crippen LogP contribution in [0.4, 0.5) is 5.95 Å². The van der Waals surface area contributed by atoms with Gasteiger partial charge in [-0.1, -0.05) is 13.0 Å². The van der Waals surface area contributed by atoms with Crippen molar-refractivity contribution in [2.45, 2.75) is 39.7 Å². The highest BCUT2D eigenvalue weighted by molar-refractivity contribution is 5.96. The smallest absolute Gasteiger partial charge is 0.226 e. The first kappa shape index (κ1) is 16.6. The summed E-state index contributed by atoms with van der Waals surface area (Å²) in [6, 6.07) is 5.48. The predicted molar refractivity (Wildman–Crippen MR) is 96.6 cm³/mol. The summed E-state index contributed by atoms with van der Waals surface area (Å²) in [5, 5.41) is 7.82. The zero-order valence-corrected chi connectivity index (χ0v) is 15.2. The number of nitrogens with zero attached hydrogens (tertiary/aromatic N) is 3. The second-order valence-corrected chi connectivity index (χ2v) is 6.53. The second kappa shape index (κ2) is 6.48. The van der Waals surface area contributed by atoms with Gasteiger partial charge in [0, 0.05) is 24.1 Å². The van der Waals surface area contributed by atoms with Crippen LogP contribution in [0.3, 0.4) is 0 Å².